The molecule has 4 nitrogen and oxygen atoms in total. The van der Waals surface area contributed by atoms with E-state index in [4.69, 9.17) is 9.84 Å². The van der Waals surface area contributed by atoms with Crippen LogP contribution in [0.25, 0.3) is 6.08 Å². The minimum Gasteiger partial charge on any atom is -0.478 e. The predicted octanol–water partition coefficient (Wildman–Crippen LogP) is 4.11. The minimum absolute atomic E-state index is 0.0540. The standard InChI is InChI=1S/C15H10F6O4/c1-2-3-7-4-9(25-15(19,20)21)5-8-6-10(13(22)23)12(14(16,17)18)24-11(7)8/h2,4-6,12H,1,3H2,(H,22,23). The molecule has 1 unspecified atom stereocenters. The molecular formula is C15H10F6O4. The van der Waals surface area contributed by atoms with Crippen LogP contribution in [0.1, 0.15) is 11.1 Å². The van der Waals surface area contributed by atoms with Crippen LogP contribution in [0.5, 0.6) is 11.5 Å². The summed E-state index contributed by atoms with van der Waals surface area (Å²) in [6.45, 7) is 3.37. The molecule has 25 heavy (non-hydrogen) atoms. The van der Waals surface area contributed by atoms with Crippen molar-refractivity contribution in [3.05, 3.63) is 41.5 Å². The summed E-state index contributed by atoms with van der Waals surface area (Å²) in [5, 5.41) is 8.95. The molecule has 0 bridgehead atoms. The number of carboxylic acid groups (broad SMARTS) is 1. The van der Waals surface area contributed by atoms with Crippen LogP contribution in [0.3, 0.4) is 0 Å². The second-order valence-electron chi connectivity index (χ2n) is 4.99. The number of carboxylic acids is 1. The fourth-order valence-corrected chi connectivity index (χ4v) is 2.28. The molecule has 0 radical (unpaired) electrons. The molecule has 2 rings (SSSR count). The van der Waals surface area contributed by atoms with Crippen molar-refractivity contribution in [2.24, 2.45) is 0 Å². The smallest absolute Gasteiger partial charge is 0.478 e. The summed E-state index contributed by atoms with van der Waals surface area (Å²) < 4.78 is 84.8. The van der Waals surface area contributed by atoms with Gasteiger partial charge in [-0.05, 0) is 24.6 Å². The molecule has 0 spiro atoms. The van der Waals surface area contributed by atoms with Gasteiger partial charge < -0.3 is 14.6 Å². The third-order valence-corrected chi connectivity index (χ3v) is 3.14. The van der Waals surface area contributed by atoms with Gasteiger partial charge in [-0.2, -0.15) is 13.2 Å². The van der Waals surface area contributed by atoms with Crippen LogP contribution in [0.4, 0.5) is 26.3 Å². The van der Waals surface area contributed by atoms with Gasteiger partial charge in [-0.1, -0.05) is 6.08 Å². The van der Waals surface area contributed by atoms with Gasteiger partial charge >= 0.3 is 18.5 Å². The van der Waals surface area contributed by atoms with E-state index in [1.54, 1.807) is 0 Å². The van der Waals surface area contributed by atoms with Crippen LogP contribution in [0, 0.1) is 0 Å². The fourth-order valence-electron chi connectivity index (χ4n) is 2.28. The minimum atomic E-state index is -5.02. The highest BCUT2D eigenvalue weighted by atomic mass is 19.4. The van der Waals surface area contributed by atoms with Gasteiger partial charge in [0.2, 0.25) is 6.10 Å². The lowest BCUT2D eigenvalue weighted by molar-refractivity contribution is -0.274. The Morgan fingerprint density at radius 2 is 1.92 bits per heavy atom. The normalized spacial score (nSPS) is 17.2. The molecule has 0 aliphatic carbocycles. The van der Waals surface area contributed by atoms with E-state index in [1.165, 1.54) is 6.08 Å². The van der Waals surface area contributed by atoms with E-state index in [9.17, 15) is 31.1 Å². The Hall–Kier alpha value is -2.65. The zero-order chi connectivity index (χ0) is 19.0. The number of hydrogen-bond donors (Lipinski definition) is 1. The van der Waals surface area contributed by atoms with Crippen molar-refractivity contribution >= 4 is 12.0 Å². The molecule has 0 saturated carbocycles. The maximum absolute atomic E-state index is 13.0. The largest absolute Gasteiger partial charge is 0.573 e. The van der Waals surface area contributed by atoms with Crippen molar-refractivity contribution in [2.45, 2.75) is 25.1 Å². The maximum atomic E-state index is 13.0. The summed E-state index contributed by atoms with van der Waals surface area (Å²) in [4.78, 5) is 11.1. The van der Waals surface area contributed by atoms with Crippen molar-refractivity contribution in [3.8, 4) is 11.5 Å². The van der Waals surface area contributed by atoms with E-state index in [-0.39, 0.29) is 23.3 Å². The maximum Gasteiger partial charge on any atom is 0.573 e. The molecule has 1 aliphatic rings. The first-order valence-corrected chi connectivity index (χ1v) is 6.64. The summed E-state index contributed by atoms with van der Waals surface area (Å²) in [5.41, 5.74) is -1.47. The van der Waals surface area contributed by atoms with Crippen molar-refractivity contribution in [2.75, 3.05) is 0 Å². The summed E-state index contributed by atoms with van der Waals surface area (Å²) in [6.07, 6.45) is -11.0. The van der Waals surface area contributed by atoms with Crippen molar-refractivity contribution < 1.29 is 45.7 Å². The summed E-state index contributed by atoms with van der Waals surface area (Å²) in [7, 11) is 0. The number of rotatable bonds is 4. The number of hydrogen-bond acceptors (Lipinski definition) is 3. The van der Waals surface area contributed by atoms with E-state index in [2.05, 4.69) is 11.3 Å². The lowest BCUT2D eigenvalue weighted by atomic mass is 9.97. The zero-order valence-corrected chi connectivity index (χ0v) is 12.2. The zero-order valence-electron chi connectivity index (χ0n) is 12.2. The third kappa shape index (κ3) is 4.25. The number of halogens is 6. The first-order chi connectivity index (χ1) is 11.4. The van der Waals surface area contributed by atoms with Gasteiger partial charge in [0.05, 0.1) is 5.57 Å². The second-order valence-corrected chi connectivity index (χ2v) is 4.99. The highest BCUT2D eigenvalue weighted by Gasteiger charge is 2.49. The lowest BCUT2D eigenvalue weighted by Crippen LogP contribution is -2.40. The van der Waals surface area contributed by atoms with Gasteiger partial charge in [-0.3, -0.25) is 0 Å². The van der Waals surface area contributed by atoms with Gasteiger partial charge in [-0.15, -0.1) is 19.8 Å². The van der Waals surface area contributed by atoms with Gasteiger partial charge in [0.1, 0.15) is 11.5 Å². The summed E-state index contributed by atoms with van der Waals surface area (Å²) in [6, 6.07) is 1.62. The molecule has 1 heterocycles. The quantitative estimate of drug-likeness (QED) is 0.642. The molecule has 1 aromatic carbocycles. The second kappa shape index (κ2) is 6.34. The van der Waals surface area contributed by atoms with Gasteiger partial charge in [-0.25, -0.2) is 4.79 Å². The molecule has 0 saturated heterocycles. The third-order valence-electron chi connectivity index (χ3n) is 3.14. The highest BCUT2D eigenvalue weighted by molar-refractivity contribution is 5.95. The van der Waals surface area contributed by atoms with Crippen molar-refractivity contribution in [3.63, 3.8) is 0 Å². The first-order valence-electron chi connectivity index (χ1n) is 6.64. The number of fused-ring (bicyclic) bond motifs is 1. The molecular weight excluding hydrogens is 358 g/mol. The van der Waals surface area contributed by atoms with Gasteiger partial charge in [0, 0.05) is 11.1 Å². The van der Waals surface area contributed by atoms with Crippen molar-refractivity contribution in [1.29, 1.82) is 0 Å². The Bertz CT molecular complexity index is 733. The molecule has 136 valence electrons. The van der Waals surface area contributed by atoms with E-state index >= 15 is 0 Å². The molecule has 1 aromatic rings. The van der Waals surface area contributed by atoms with E-state index in [0.717, 1.165) is 12.1 Å². The van der Waals surface area contributed by atoms with E-state index in [0.29, 0.717) is 6.08 Å². The number of aliphatic carboxylic acids is 1. The molecule has 1 N–H and O–H groups in total. The average Bonchev–Trinajstić information content (AvgIpc) is 2.43. The number of allylic oxidation sites excluding steroid dienone is 1. The topological polar surface area (TPSA) is 55.8 Å². The fraction of sp³-hybridized carbons (Fsp3) is 0.267. The Kier molecular flexibility index (Phi) is 4.74. The molecule has 1 aliphatic heterocycles. The summed E-state index contributed by atoms with van der Waals surface area (Å²) >= 11 is 0. The van der Waals surface area contributed by atoms with Gasteiger partial charge in [0.15, 0.2) is 0 Å². The van der Waals surface area contributed by atoms with Crippen LogP contribution < -0.4 is 9.47 Å². The van der Waals surface area contributed by atoms with Crippen LogP contribution in [-0.4, -0.2) is 29.7 Å². The van der Waals surface area contributed by atoms with E-state index in [1.807, 2.05) is 0 Å². The first kappa shape index (κ1) is 18.7. The molecule has 1 atom stereocenters. The monoisotopic (exact) mass is 368 g/mol. The van der Waals surface area contributed by atoms with Gasteiger partial charge in [0.25, 0.3) is 0 Å². The molecule has 0 amide bonds. The number of carbonyl (C=O) groups is 1. The Balaban J connectivity index is 2.62. The number of benzene rings is 1. The van der Waals surface area contributed by atoms with Crippen LogP contribution in [0.15, 0.2) is 30.4 Å². The lowest BCUT2D eigenvalue weighted by Gasteiger charge is -2.28. The Morgan fingerprint density at radius 1 is 1.28 bits per heavy atom. The van der Waals surface area contributed by atoms with Crippen LogP contribution in [-0.2, 0) is 11.2 Å². The molecule has 10 heteroatoms. The van der Waals surface area contributed by atoms with Crippen molar-refractivity contribution in [1.82, 2.24) is 0 Å². The van der Waals surface area contributed by atoms with E-state index < -0.39 is 35.9 Å². The van der Waals surface area contributed by atoms with Crippen LogP contribution >= 0.6 is 0 Å². The number of alkyl halides is 6. The predicted molar refractivity (Wildman–Crippen MR) is 73.1 cm³/mol. The van der Waals surface area contributed by atoms with Crippen LogP contribution in [0.2, 0.25) is 0 Å². The highest BCUT2D eigenvalue weighted by Crippen LogP contribution is 2.42. The molecule has 0 fully saturated rings. The SMILES string of the molecule is C=CCc1cc(OC(F)(F)F)cc2c1OC(C(F)(F)F)C(C(=O)O)=C2. The molecule has 0 aromatic heterocycles. The average molecular weight is 368 g/mol. The Morgan fingerprint density at radius 3 is 2.40 bits per heavy atom. The number of ether oxygens (including phenoxy) is 2. The summed E-state index contributed by atoms with van der Waals surface area (Å²) in [5.74, 6) is -2.99. The Labute approximate surface area is 137 Å².